The molecular weight excluding hydrogens is 188 g/mol. The molecule has 0 aliphatic carbocycles. The Morgan fingerprint density at radius 1 is 1.54 bits per heavy atom. The number of anilines is 1. The maximum absolute atomic E-state index is 5.72. The van der Waals surface area contributed by atoms with E-state index in [1.165, 1.54) is 6.33 Å². The van der Waals surface area contributed by atoms with Crippen LogP contribution in [0.2, 0.25) is 5.15 Å². The Labute approximate surface area is 81.7 Å². The van der Waals surface area contributed by atoms with Crippen LogP contribution in [-0.2, 0) is 0 Å². The minimum Gasteiger partial charge on any atom is -0.366 e. The summed E-state index contributed by atoms with van der Waals surface area (Å²) in [7, 11) is 0. The minimum absolute atomic E-state index is 0.464. The van der Waals surface area contributed by atoms with E-state index in [2.05, 4.69) is 20.6 Å². The summed E-state index contributed by atoms with van der Waals surface area (Å²) in [6, 6.07) is 2.20. The van der Waals surface area contributed by atoms with Crippen LogP contribution in [0.4, 0.5) is 5.82 Å². The molecule has 1 aromatic rings. The molecule has 1 fully saturated rings. The van der Waals surface area contributed by atoms with E-state index in [0.717, 1.165) is 25.3 Å². The summed E-state index contributed by atoms with van der Waals surface area (Å²) >= 11 is 5.72. The van der Waals surface area contributed by atoms with Gasteiger partial charge in [-0.25, -0.2) is 9.97 Å². The monoisotopic (exact) mass is 198 g/mol. The average Bonchev–Trinajstić information content (AvgIpc) is 2.57. The highest BCUT2D eigenvalue weighted by atomic mass is 35.5. The molecule has 0 bridgehead atoms. The van der Waals surface area contributed by atoms with Crippen LogP contribution in [0.25, 0.3) is 0 Å². The van der Waals surface area contributed by atoms with Crippen LogP contribution in [0, 0.1) is 0 Å². The zero-order valence-corrected chi connectivity index (χ0v) is 7.88. The Morgan fingerprint density at radius 3 is 3.15 bits per heavy atom. The Kier molecular flexibility index (Phi) is 2.61. The number of nitrogens with one attached hydrogen (secondary N) is 2. The van der Waals surface area contributed by atoms with Crippen LogP contribution in [0.15, 0.2) is 12.4 Å². The van der Waals surface area contributed by atoms with Gasteiger partial charge in [0.25, 0.3) is 0 Å². The normalized spacial score (nSPS) is 21.8. The molecule has 1 atom stereocenters. The van der Waals surface area contributed by atoms with Crippen molar-refractivity contribution in [2.45, 2.75) is 12.5 Å². The lowest BCUT2D eigenvalue weighted by Gasteiger charge is -2.10. The molecule has 5 heteroatoms. The second-order valence-corrected chi connectivity index (χ2v) is 3.45. The van der Waals surface area contributed by atoms with Crippen LogP contribution in [-0.4, -0.2) is 29.1 Å². The van der Waals surface area contributed by atoms with Crippen molar-refractivity contribution in [1.29, 1.82) is 0 Å². The topological polar surface area (TPSA) is 49.8 Å². The van der Waals surface area contributed by atoms with Crippen molar-refractivity contribution < 1.29 is 0 Å². The van der Waals surface area contributed by atoms with E-state index in [9.17, 15) is 0 Å². The summed E-state index contributed by atoms with van der Waals surface area (Å²) in [5.41, 5.74) is 0. The fourth-order valence-corrected chi connectivity index (χ4v) is 1.55. The Hall–Kier alpha value is -0.870. The summed E-state index contributed by atoms with van der Waals surface area (Å²) in [6.07, 6.45) is 2.59. The highest BCUT2D eigenvalue weighted by Gasteiger charge is 2.14. The van der Waals surface area contributed by atoms with E-state index >= 15 is 0 Å². The third-order valence-corrected chi connectivity index (χ3v) is 2.25. The predicted molar refractivity (Wildman–Crippen MR) is 51.9 cm³/mol. The summed E-state index contributed by atoms with van der Waals surface area (Å²) in [4.78, 5) is 7.88. The molecule has 4 nitrogen and oxygen atoms in total. The lowest BCUT2D eigenvalue weighted by atomic mass is 10.2. The molecule has 1 unspecified atom stereocenters. The van der Waals surface area contributed by atoms with Crippen molar-refractivity contribution in [1.82, 2.24) is 15.3 Å². The molecule has 0 saturated carbocycles. The molecule has 0 aromatic carbocycles. The van der Waals surface area contributed by atoms with Crippen molar-refractivity contribution in [3.05, 3.63) is 17.5 Å². The second-order valence-electron chi connectivity index (χ2n) is 3.06. The molecule has 0 radical (unpaired) electrons. The first kappa shape index (κ1) is 8.72. The standard InChI is InChI=1S/C8H11ClN4/c9-7-3-8(12-5-11-7)13-6-1-2-10-4-6/h3,5-6,10H,1-2,4H2,(H,11,12,13). The van der Waals surface area contributed by atoms with Crippen molar-refractivity contribution in [2.75, 3.05) is 18.4 Å². The van der Waals surface area contributed by atoms with Crippen LogP contribution >= 0.6 is 11.6 Å². The van der Waals surface area contributed by atoms with Crippen molar-refractivity contribution in [3.8, 4) is 0 Å². The van der Waals surface area contributed by atoms with Gasteiger partial charge >= 0.3 is 0 Å². The first-order valence-corrected chi connectivity index (χ1v) is 4.67. The zero-order valence-electron chi connectivity index (χ0n) is 7.13. The Morgan fingerprint density at radius 2 is 2.46 bits per heavy atom. The number of rotatable bonds is 2. The SMILES string of the molecule is Clc1cc(NC2CCNC2)ncn1. The van der Waals surface area contributed by atoms with E-state index in [0.29, 0.717) is 11.2 Å². The van der Waals surface area contributed by atoms with E-state index in [1.54, 1.807) is 6.07 Å². The fraction of sp³-hybridized carbons (Fsp3) is 0.500. The quantitative estimate of drug-likeness (QED) is 0.694. The van der Waals surface area contributed by atoms with Gasteiger partial charge in [-0.05, 0) is 13.0 Å². The van der Waals surface area contributed by atoms with Crippen LogP contribution in [0.3, 0.4) is 0 Å². The molecule has 2 rings (SSSR count). The van der Waals surface area contributed by atoms with E-state index < -0.39 is 0 Å². The smallest absolute Gasteiger partial charge is 0.134 e. The average molecular weight is 199 g/mol. The maximum Gasteiger partial charge on any atom is 0.134 e. The number of nitrogens with zero attached hydrogens (tertiary/aromatic N) is 2. The number of hydrogen-bond acceptors (Lipinski definition) is 4. The summed E-state index contributed by atoms with van der Waals surface area (Å²) < 4.78 is 0. The Balaban J connectivity index is 2.00. The largest absolute Gasteiger partial charge is 0.366 e. The van der Waals surface area contributed by atoms with E-state index in [4.69, 9.17) is 11.6 Å². The molecule has 1 aliphatic rings. The van der Waals surface area contributed by atoms with Gasteiger partial charge in [-0.2, -0.15) is 0 Å². The van der Waals surface area contributed by atoms with Gasteiger partial charge in [0.2, 0.25) is 0 Å². The second kappa shape index (κ2) is 3.89. The number of hydrogen-bond donors (Lipinski definition) is 2. The first-order chi connectivity index (χ1) is 6.34. The van der Waals surface area contributed by atoms with Gasteiger partial charge in [0.05, 0.1) is 0 Å². The lowest BCUT2D eigenvalue weighted by Crippen LogP contribution is -2.22. The number of aromatic nitrogens is 2. The first-order valence-electron chi connectivity index (χ1n) is 4.29. The third-order valence-electron chi connectivity index (χ3n) is 2.05. The van der Waals surface area contributed by atoms with Crippen LogP contribution in [0.5, 0.6) is 0 Å². The lowest BCUT2D eigenvalue weighted by molar-refractivity contribution is 0.787. The zero-order chi connectivity index (χ0) is 9.10. The molecule has 2 N–H and O–H groups in total. The van der Waals surface area contributed by atoms with Gasteiger partial charge < -0.3 is 10.6 Å². The highest BCUT2D eigenvalue weighted by molar-refractivity contribution is 6.29. The molecule has 1 aromatic heterocycles. The molecule has 1 aliphatic heterocycles. The minimum atomic E-state index is 0.464. The van der Waals surface area contributed by atoms with Crippen molar-refractivity contribution >= 4 is 17.4 Å². The van der Waals surface area contributed by atoms with E-state index in [1.807, 2.05) is 0 Å². The maximum atomic E-state index is 5.72. The highest BCUT2D eigenvalue weighted by Crippen LogP contribution is 2.11. The summed E-state index contributed by atoms with van der Waals surface area (Å²) in [5, 5.41) is 7.03. The molecular formula is C8H11ClN4. The van der Waals surface area contributed by atoms with Crippen molar-refractivity contribution in [3.63, 3.8) is 0 Å². The van der Waals surface area contributed by atoms with Crippen LogP contribution in [0.1, 0.15) is 6.42 Å². The van der Waals surface area contributed by atoms with Gasteiger partial charge in [-0.3, -0.25) is 0 Å². The molecule has 0 spiro atoms. The molecule has 70 valence electrons. The van der Waals surface area contributed by atoms with Gasteiger partial charge in [0, 0.05) is 18.7 Å². The van der Waals surface area contributed by atoms with Crippen molar-refractivity contribution in [2.24, 2.45) is 0 Å². The van der Waals surface area contributed by atoms with Gasteiger partial charge in [0.15, 0.2) is 0 Å². The van der Waals surface area contributed by atoms with E-state index in [-0.39, 0.29) is 0 Å². The van der Waals surface area contributed by atoms with Gasteiger partial charge in [-0.15, -0.1) is 0 Å². The Bertz CT molecular complexity index is 285. The fourth-order valence-electron chi connectivity index (χ4n) is 1.40. The third kappa shape index (κ3) is 2.29. The molecule has 2 heterocycles. The predicted octanol–water partition coefficient (Wildman–Crippen LogP) is 0.904. The van der Waals surface area contributed by atoms with Crippen LogP contribution < -0.4 is 10.6 Å². The molecule has 13 heavy (non-hydrogen) atoms. The van der Waals surface area contributed by atoms with Gasteiger partial charge in [-0.1, -0.05) is 11.6 Å². The van der Waals surface area contributed by atoms with Gasteiger partial charge in [0.1, 0.15) is 17.3 Å². The summed E-state index contributed by atoms with van der Waals surface area (Å²) in [5.74, 6) is 0.800. The number of halogens is 1. The molecule has 0 amide bonds. The molecule has 1 saturated heterocycles. The summed E-state index contributed by atoms with van der Waals surface area (Å²) in [6.45, 7) is 2.05.